The highest BCUT2D eigenvalue weighted by molar-refractivity contribution is 5.39. The highest BCUT2D eigenvalue weighted by atomic mass is 15.2. The molecule has 1 aromatic rings. The molecule has 3 rings (SSSR count). The molecule has 86 valence electrons. The van der Waals surface area contributed by atoms with Crippen LogP contribution in [-0.4, -0.2) is 30.2 Å². The summed E-state index contributed by atoms with van der Waals surface area (Å²) < 4.78 is 0. The number of pyridine rings is 1. The first-order valence-corrected chi connectivity index (χ1v) is 6.34. The fraction of sp³-hybridized carbons (Fsp3) is 0.615. The van der Waals surface area contributed by atoms with Crippen LogP contribution in [0.5, 0.6) is 0 Å². The van der Waals surface area contributed by atoms with E-state index in [1.54, 1.807) is 0 Å². The lowest BCUT2D eigenvalue weighted by Crippen LogP contribution is -2.43. The van der Waals surface area contributed by atoms with Gasteiger partial charge in [-0.05, 0) is 31.4 Å². The third kappa shape index (κ3) is 2.05. The van der Waals surface area contributed by atoms with Gasteiger partial charge in [0.15, 0.2) is 0 Å². The Balaban J connectivity index is 1.56. The summed E-state index contributed by atoms with van der Waals surface area (Å²) in [6.07, 6.45) is 7.30. The van der Waals surface area contributed by atoms with E-state index in [0.29, 0.717) is 6.04 Å². The van der Waals surface area contributed by atoms with Crippen LogP contribution in [0, 0.1) is 0 Å². The molecule has 0 spiro atoms. The van der Waals surface area contributed by atoms with E-state index in [0.717, 1.165) is 24.9 Å². The van der Waals surface area contributed by atoms with Gasteiger partial charge in [0.25, 0.3) is 0 Å². The van der Waals surface area contributed by atoms with Crippen molar-refractivity contribution in [3.63, 3.8) is 0 Å². The number of hydrogen-bond acceptors (Lipinski definition) is 3. The summed E-state index contributed by atoms with van der Waals surface area (Å²) >= 11 is 0. The molecule has 1 saturated heterocycles. The Kier molecular flexibility index (Phi) is 2.79. The van der Waals surface area contributed by atoms with Gasteiger partial charge in [0, 0.05) is 31.4 Å². The molecule has 1 N–H and O–H groups in total. The molecule has 0 aromatic carbocycles. The third-order valence-electron chi connectivity index (χ3n) is 3.74. The lowest BCUT2D eigenvalue weighted by atomic mass is 9.92. The average molecular weight is 217 g/mol. The average Bonchev–Trinajstić information content (AvgIpc) is 2.73. The molecule has 1 aliphatic heterocycles. The smallest absolute Gasteiger partial charge is 0.128 e. The van der Waals surface area contributed by atoms with E-state index in [9.17, 15) is 0 Å². The molecule has 1 unspecified atom stereocenters. The van der Waals surface area contributed by atoms with Crippen LogP contribution in [0.2, 0.25) is 0 Å². The Morgan fingerprint density at radius 3 is 2.81 bits per heavy atom. The quantitative estimate of drug-likeness (QED) is 0.837. The maximum Gasteiger partial charge on any atom is 0.128 e. The molecule has 1 aliphatic carbocycles. The van der Waals surface area contributed by atoms with Crippen molar-refractivity contribution in [2.75, 3.05) is 18.0 Å². The van der Waals surface area contributed by atoms with Crippen LogP contribution < -0.4 is 10.2 Å². The van der Waals surface area contributed by atoms with E-state index in [1.165, 1.54) is 25.7 Å². The van der Waals surface area contributed by atoms with Crippen molar-refractivity contribution in [1.82, 2.24) is 10.3 Å². The lowest BCUT2D eigenvalue weighted by molar-refractivity contribution is 0.311. The number of hydrogen-bond donors (Lipinski definition) is 1. The molecular weight excluding hydrogens is 198 g/mol. The summed E-state index contributed by atoms with van der Waals surface area (Å²) in [5, 5.41) is 3.75. The minimum absolute atomic E-state index is 0.673. The summed E-state index contributed by atoms with van der Waals surface area (Å²) in [7, 11) is 0. The summed E-state index contributed by atoms with van der Waals surface area (Å²) in [4.78, 5) is 6.79. The first-order valence-electron chi connectivity index (χ1n) is 6.34. The fourth-order valence-corrected chi connectivity index (χ4v) is 2.55. The van der Waals surface area contributed by atoms with Crippen LogP contribution in [0.4, 0.5) is 5.82 Å². The van der Waals surface area contributed by atoms with E-state index in [-0.39, 0.29) is 0 Å². The van der Waals surface area contributed by atoms with Crippen molar-refractivity contribution in [2.24, 2.45) is 0 Å². The Morgan fingerprint density at radius 1 is 1.19 bits per heavy atom. The van der Waals surface area contributed by atoms with Gasteiger partial charge in [-0.25, -0.2) is 4.98 Å². The van der Waals surface area contributed by atoms with Crippen molar-refractivity contribution in [3.05, 3.63) is 24.4 Å². The molecule has 3 heteroatoms. The van der Waals surface area contributed by atoms with Gasteiger partial charge in [-0.15, -0.1) is 0 Å². The molecule has 2 aliphatic rings. The van der Waals surface area contributed by atoms with E-state index in [2.05, 4.69) is 27.3 Å². The first kappa shape index (κ1) is 10.1. The highest BCUT2D eigenvalue weighted by Crippen LogP contribution is 2.22. The second kappa shape index (κ2) is 4.42. The van der Waals surface area contributed by atoms with Gasteiger partial charge in [0.1, 0.15) is 5.82 Å². The van der Waals surface area contributed by atoms with Gasteiger partial charge in [-0.1, -0.05) is 12.5 Å². The van der Waals surface area contributed by atoms with Crippen LogP contribution in [0.1, 0.15) is 25.7 Å². The predicted octanol–water partition coefficient (Wildman–Crippen LogP) is 1.80. The van der Waals surface area contributed by atoms with Crippen LogP contribution >= 0.6 is 0 Å². The lowest BCUT2D eigenvalue weighted by Gasteiger charge is -2.30. The summed E-state index contributed by atoms with van der Waals surface area (Å²) in [5.41, 5.74) is 0. The Hall–Kier alpha value is -1.09. The maximum absolute atomic E-state index is 4.41. The Labute approximate surface area is 96.9 Å². The largest absolute Gasteiger partial charge is 0.355 e. The normalized spacial score (nSPS) is 25.8. The fourth-order valence-electron chi connectivity index (χ4n) is 2.55. The van der Waals surface area contributed by atoms with Crippen molar-refractivity contribution in [1.29, 1.82) is 0 Å². The molecule has 2 fully saturated rings. The monoisotopic (exact) mass is 217 g/mol. The second-order valence-electron chi connectivity index (χ2n) is 4.91. The highest BCUT2D eigenvalue weighted by Gasteiger charge is 2.27. The van der Waals surface area contributed by atoms with E-state index >= 15 is 0 Å². The molecule has 16 heavy (non-hydrogen) atoms. The van der Waals surface area contributed by atoms with Gasteiger partial charge in [-0.3, -0.25) is 0 Å². The van der Waals surface area contributed by atoms with Gasteiger partial charge in [-0.2, -0.15) is 0 Å². The maximum atomic E-state index is 4.41. The van der Waals surface area contributed by atoms with Crippen LogP contribution in [0.15, 0.2) is 24.4 Å². The minimum Gasteiger partial charge on any atom is -0.355 e. The third-order valence-corrected chi connectivity index (χ3v) is 3.74. The summed E-state index contributed by atoms with van der Waals surface area (Å²) in [6, 6.07) is 7.62. The van der Waals surface area contributed by atoms with Crippen molar-refractivity contribution >= 4 is 5.82 Å². The van der Waals surface area contributed by atoms with Gasteiger partial charge in [0.05, 0.1) is 0 Å². The topological polar surface area (TPSA) is 28.2 Å². The first-order chi connectivity index (χ1) is 7.92. The van der Waals surface area contributed by atoms with Gasteiger partial charge in [0.2, 0.25) is 0 Å². The van der Waals surface area contributed by atoms with Crippen LogP contribution in [0.25, 0.3) is 0 Å². The molecule has 1 saturated carbocycles. The molecule has 1 aromatic heterocycles. The Bertz CT molecular complexity index is 334. The van der Waals surface area contributed by atoms with Gasteiger partial charge >= 0.3 is 0 Å². The molecule has 3 nitrogen and oxygen atoms in total. The van der Waals surface area contributed by atoms with Crippen molar-refractivity contribution in [2.45, 2.75) is 37.8 Å². The number of nitrogens with zero attached hydrogens (tertiary/aromatic N) is 2. The minimum atomic E-state index is 0.673. The SMILES string of the molecule is c1ccc(N2CCC(NC3CCC3)C2)nc1. The number of anilines is 1. The number of nitrogens with one attached hydrogen (secondary N) is 1. The molecule has 2 heterocycles. The van der Waals surface area contributed by atoms with E-state index in [4.69, 9.17) is 0 Å². The van der Waals surface area contributed by atoms with Crippen molar-refractivity contribution in [3.8, 4) is 0 Å². The van der Waals surface area contributed by atoms with Crippen LogP contribution in [0.3, 0.4) is 0 Å². The summed E-state index contributed by atoms with van der Waals surface area (Å²) in [6.45, 7) is 2.26. The molecule has 0 radical (unpaired) electrons. The number of aromatic nitrogens is 1. The molecule has 0 bridgehead atoms. The molecular formula is C13H19N3. The predicted molar refractivity (Wildman–Crippen MR) is 65.6 cm³/mol. The number of rotatable bonds is 3. The van der Waals surface area contributed by atoms with Crippen molar-refractivity contribution < 1.29 is 0 Å². The van der Waals surface area contributed by atoms with Crippen LogP contribution in [-0.2, 0) is 0 Å². The second-order valence-corrected chi connectivity index (χ2v) is 4.91. The molecule has 1 atom stereocenters. The zero-order valence-corrected chi connectivity index (χ0v) is 9.60. The van der Waals surface area contributed by atoms with Gasteiger partial charge < -0.3 is 10.2 Å². The Morgan fingerprint density at radius 2 is 2.12 bits per heavy atom. The van der Waals surface area contributed by atoms with E-state index in [1.807, 2.05) is 12.3 Å². The standard InChI is InChI=1S/C13H19N3/c1-2-8-14-13(6-1)16-9-7-12(10-16)15-11-4-3-5-11/h1-2,6,8,11-12,15H,3-5,7,9-10H2. The summed E-state index contributed by atoms with van der Waals surface area (Å²) in [5.74, 6) is 1.13. The van der Waals surface area contributed by atoms with E-state index < -0.39 is 0 Å². The molecule has 0 amide bonds. The zero-order chi connectivity index (χ0) is 10.8. The zero-order valence-electron chi connectivity index (χ0n) is 9.60.